The summed E-state index contributed by atoms with van der Waals surface area (Å²) in [6.07, 6.45) is -0.136. The van der Waals surface area contributed by atoms with Crippen LogP contribution in [-0.4, -0.2) is 16.5 Å². The highest BCUT2D eigenvalue weighted by Gasteiger charge is 2.33. The van der Waals surface area contributed by atoms with E-state index in [1.807, 2.05) is 42.5 Å². The van der Waals surface area contributed by atoms with Crippen LogP contribution in [0, 0.1) is 0 Å². The molecule has 3 heteroatoms. The molecule has 3 nitrogen and oxygen atoms in total. The number of hydrogen-bond acceptors (Lipinski definition) is 3. The van der Waals surface area contributed by atoms with Gasteiger partial charge < -0.3 is 14.9 Å². The molecule has 0 fully saturated rings. The van der Waals surface area contributed by atoms with Crippen LogP contribution in [0.2, 0.25) is 0 Å². The quantitative estimate of drug-likeness (QED) is 0.833. The van der Waals surface area contributed by atoms with Crippen LogP contribution in [0.15, 0.2) is 42.5 Å². The summed E-state index contributed by atoms with van der Waals surface area (Å²) in [4.78, 5) is 0. The van der Waals surface area contributed by atoms with Crippen LogP contribution in [0.4, 0.5) is 0 Å². The molecule has 20 heavy (non-hydrogen) atoms. The molecule has 0 radical (unpaired) electrons. The number of fused-ring (bicyclic) bond motifs is 4. The van der Waals surface area contributed by atoms with Gasteiger partial charge in [0, 0.05) is 11.1 Å². The van der Waals surface area contributed by atoms with E-state index in [2.05, 4.69) is 0 Å². The number of aliphatic hydroxyl groups excluding tert-OH is 2. The van der Waals surface area contributed by atoms with E-state index in [1.165, 1.54) is 5.56 Å². The van der Waals surface area contributed by atoms with E-state index in [1.54, 1.807) is 0 Å². The summed E-state index contributed by atoms with van der Waals surface area (Å²) < 4.78 is 5.61. The summed E-state index contributed by atoms with van der Waals surface area (Å²) in [5.41, 5.74) is 6.04. The summed E-state index contributed by atoms with van der Waals surface area (Å²) in [7, 11) is 0. The molecule has 2 N–H and O–H groups in total. The number of hydrogen-bond donors (Lipinski definition) is 2. The SMILES string of the molecule is OCc1ccc2c(c1)C1=C(C2)c2ccccc2OC1O. The van der Waals surface area contributed by atoms with E-state index in [-0.39, 0.29) is 6.61 Å². The molecule has 1 unspecified atom stereocenters. The molecule has 0 amide bonds. The number of para-hydroxylation sites is 1. The number of aliphatic hydroxyl groups is 2. The summed E-state index contributed by atoms with van der Waals surface area (Å²) in [5, 5.41) is 19.6. The third kappa shape index (κ3) is 1.54. The molecule has 0 bridgehead atoms. The van der Waals surface area contributed by atoms with Crippen molar-refractivity contribution in [1.82, 2.24) is 0 Å². The van der Waals surface area contributed by atoms with E-state index in [0.717, 1.165) is 40.0 Å². The fourth-order valence-corrected chi connectivity index (χ4v) is 3.10. The third-order valence-corrected chi connectivity index (χ3v) is 4.04. The Labute approximate surface area is 116 Å². The van der Waals surface area contributed by atoms with E-state index in [0.29, 0.717) is 0 Å². The van der Waals surface area contributed by atoms with E-state index in [9.17, 15) is 10.2 Å². The van der Waals surface area contributed by atoms with E-state index in [4.69, 9.17) is 4.74 Å². The summed E-state index contributed by atoms with van der Waals surface area (Å²) in [6, 6.07) is 13.7. The van der Waals surface area contributed by atoms with Gasteiger partial charge in [-0.15, -0.1) is 0 Å². The molecule has 1 heterocycles. The molecule has 2 aliphatic rings. The first-order valence-corrected chi connectivity index (χ1v) is 6.68. The zero-order chi connectivity index (χ0) is 13.7. The molecule has 0 aromatic heterocycles. The van der Waals surface area contributed by atoms with Gasteiger partial charge in [-0.1, -0.05) is 30.3 Å². The minimum atomic E-state index is -0.935. The zero-order valence-electron chi connectivity index (χ0n) is 10.8. The van der Waals surface area contributed by atoms with Gasteiger partial charge in [0.15, 0.2) is 0 Å². The lowest BCUT2D eigenvalue weighted by Crippen LogP contribution is -2.21. The van der Waals surface area contributed by atoms with Crippen LogP contribution in [-0.2, 0) is 13.0 Å². The molecule has 2 aromatic carbocycles. The Kier molecular flexibility index (Phi) is 2.46. The van der Waals surface area contributed by atoms with Gasteiger partial charge in [0.2, 0.25) is 6.29 Å². The minimum absolute atomic E-state index is 0.00341. The van der Waals surface area contributed by atoms with Gasteiger partial charge in [-0.05, 0) is 40.8 Å². The Morgan fingerprint density at radius 3 is 2.80 bits per heavy atom. The number of rotatable bonds is 1. The van der Waals surface area contributed by atoms with Crippen LogP contribution in [0.3, 0.4) is 0 Å². The van der Waals surface area contributed by atoms with Gasteiger partial charge in [0.25, 0.3) is 0 Å². The van der Waals surface area contributed by atoms with Crippen molar-refractivity contribution >= 4 is 11.1 Å². The fraction of sp³-hybridized carbons (Fsp3) is 0.176. The molecule has 1 aliphatic heterocycles. The van der Waals surface area contributed by atoms with Crippen LogP contribution >= 0.6 is 0 Å². The van der Waals surface area contributed by atoms with Gasteiger partial charge in [0.1, 0.15) is 5.75 Å². The highest BCUT2D eigenvalue weighted by Crippen LogP contribution is 2.46. The Morgan fingerprint density at radius 1 is 1.10 bits per heavy atom. The Bertz CT molecular complexity index is 731. The van der Waals surface area contributed by atoms with E-state index >= 15 is 0 Å². The van der Waals surface area contributed by atoms with Crippen LogP contribution < -0.4 is 4.74 Å². The topological polar surface area (TPSA) is 49.7 Å². The number of allylic oxidation sites excluding steroid dienone is 1. The van der Waals surface area contributed by atoms with Crippen molar-refractivity contribution in [2.24, 2.45) is 0 Å². The summed E-state index contributed by atoms with van der Waals surface area (Å²) in [5.74, 6) is 0.730. The first-order valence-electron chi connectivity index (χ1n) is 6.68. The molecule has 1 aliphatic carbocycles. The highest BCUT2D eigenvalue weighted by atomic mass is 16.6. The van der Waals surface area contributed by atoms with Crippen molar-refractivity contribution in [3.05, 3.63) is 64.7 Å². The monoisotopic (exact) mass is 266 g/mol. The molecule has 0 saturated heterocycles. The predicted octanol–water partition coefficient (Wildman–Crippen LogP) is 2.36. The average molecular weight is 266 g/mol. The second-order valence-electron chi connectivity index (χ2n) is 5.18. The average Bonchev–Trinajstić information content (AvgIpc) is 2.86. The second-order valence-corrected chi connectivity index (χ2v) is 5.18. The van der Waals surface area contributed by atoms with Crippen molar-refractivity contribution in [3.8, 4) is 5.75 Å². The standard InChI is InChI=1S/C17H14O3/c18-9-10-5-6-11-8-14-12-3-1-2-4-15(12)20-17(19)16(14)13(11)7-10/h1-7,17-19H,8-9H2. The van der Waals surface area contributed by atoms with Crippen LogP contribution in [0.25, 0.3) is 11.1 Å². The molecule has 4 rings (SSSR count). The van der Waals surface area contributed by atoms with Crippen LogP contribution in [0.1, 0.15) is 22.3 Å². The van der Waals surface area contributed by atoms with Crippen LogP contribution in [0.5, 0.6) is 5.75 Å². The van der Waals surface area contributed by atoms with Gasteiger partial charge in [-0.25, -0.2) is 0 Å². The number of ether oxygens (including phenoxy) is 1. The first-order chi connectivity index (χ1) is 9.78. The Hall–Kier alpha value is -2.10. The molecule has 0 saturated carbocycles. The lowest BCUT2D eigenvalue weighted by Gasteiger charge is -2.25. The fourth-order valence-electron chi connectivity index (χ4n) is 3.10. The molecule has 1 atom stereocenters. The van der Waals surface area contributed by atoms with Gasteiger partial charge in [0.05, 0.1) is 6.61 Å². The molecule has 100 valence electrons. The summed E-state index contributed by atoms with van der Waals surface area (Å²) >= 11 is 0. The smallest absolute Gasteiger partial charge is 0.225 e. The van der Waals surface area contributed by atoms with Gasteiger partial charge in [-0.3, -0.25) is 0 Å². The second kappa shape index (κ2) is 4.20. The lowest BCUT2D eigenvalue weighted by atomic mass is 9.96. The zero-order valence-corrected chi connectivity index (χ0v) is 10.8. The Morgan fingerprint density at radius 2 is 1.95 bits per heavy atom. The predicted molar refractivity (Wildman–Crippen MR) is 76.0 cm³/mol. The maximum absolute atomic E-state index is 10.3. The van der Waals surface area contributed by atoms with Crippen molar-refractivity contribution in [3.63, 3.8) is 0 Å². The molecular weight excluding hydrogens is 252 g/mol. The van der Waals surface area contributed by atoms with Crippen molar-refractivity contribution < 1.29 is 14.9 Å². The maximum Gasteiger partial charge on any atom is 0.225 e. The largest absolute Gasteiger partial charge is 0.460 e. The van der Waals surface area contributed by atoms with Crippen molar-refractivity contribution in [2.45, 2.75) is 19.3 Å². The molecule has 2 aromatic rings. The van der Waals surface area contributed by atoms with Gasteiger partial charge in [-0.2, -0.15) is 0 Å². The maximum atomic E-state index is 10.3. The molecular formula is C17H14O3. The first kappa shape index (κ1) is 11.7. The van der Waals surface area contributed by atoms with Gasteiger partial charge >= 0.3 is 0 Å². The normalized spacial score (nSPS) is 19.2. The lowest BCUT2D eigenvalue weighted by molar-refractivity contribution is 0.0317. The van der Waals surface area contributed by atoms with E-state index < -0.39 is 6.29 Å². The third-order valence-electron chi connectivity index (χ3n) is 4.04. The highest BCUT2D eigenvalue weighted by molar-refractivity contribution is 6.00. The summed E-state index contributed by atoms with van der Waals surface area (Å²) in [6.45, 7) is 0.00341. The Balaban J connectivity index is 1.93. The van der Waals surface area contributed by atoms with Crippen molar-refractivity contribution in [1.29, 1.82) is 0 Å². The molecule has 0 spiro atoms. The minimum Gasteiger partial charge on any atom is -0.460 e. The number of benzene rings is 2. The van der Waals surface area contributed by atoms with Crippen molar-refractivity contribution in [2.75, 3.05) is 0 Å².